The molecule has 2 heterocycles. The fourth-order valence-electron chi connectivity index (χ4n) is 4.30. The molecule has 11 heteroatoms. The third-order valence-corrected chi connectivity index (χ3v) is 8.15. The number of amidine groups is 1. The summed E-state index contributed by atoms with van der Waals surface area (Å²) in [7, 11) is -3.52. The Balaban J connectivity index is 0.00000216. The molecule has 0 saturated carbocycles. The minimum Gasteiger partial charge on any atom is -0.489 e. The van der Waals surface area contributed by atoms with Gasteiger partial charge in [0.25, 0.3) is 0 Å². The Hall–Kier alpha value is -1.97. The zero-order valence-corrected chi connectivity index (χ0v) is 22.6. The number of hydrogen-bond acceptors (Lipinski definition) is 5. The molecule has 1 unspecified atom stereocenters. The van der Waals surface area contributed by atoms with Gasteiger partial charge in [-0.15, -0.1) is 24.8 Å². The van der Waals surface area contributed by atoms with Crippen molar-refractivity contribution in [2.24, 2.45) is 5.73 Å². The summed E-state index contributed by atoms with van der Waals surface area (Å²) in [6.07, 6.45) is 6.20. The maximum absolute atomic E-state index is 13.0. The summed E-state index contributed by atoms with van der Waals surface area (Å²) >= 11 is 6.54. The van der Waals surface area contributed by atoms with Crippen molar-refractivity contribution in [1.29, 1.82) is 5.41 Å². The summed E-state index contributed by atoms with van der Waals surface area (Å²) in [5.74, 6) is 0.584. The van der Waals surface area contributed by atoms with E-state index in [4.69, 9.17) is 27.5 Å². The highest BCUT2D eigenvalue weighted by Gasteiger charge is 2.36. The Labute approximate surface area is 224 Å². The van der Waals surface area contributed by atoms with E-state index in [1.165, 1.54) is 4.31 Å². The first-order chi connectivity index (χ1) is 15.8. The number of nitrogens with zero attached hydrogens (tertiary/aromatic N) is 1. The highest BCUT2D eigenvalue weighted by Crippen LogP contribution is 2.42. The van der Waals surface area contributed by atoms with Gasteiger partial charge in [0.15, 0.2) is 0 Å². The van der Waals surface area contributed by atoms with Gasteiger partial charge in [-0.2, -0.15) is 0 Å². The number of sulfonamides is 1. The Morgan fingerprint density at radius 3 is 2.63 bits per heavy atom. The van der Waals surface area contributed by atoms with Crippen molar-refractivity contribution >= 4 is 64.0 Å². The van der Waals surface area contributed by atoms with Crippen molar-refractivity contribution in [2.45, 2.75) is 38.3 Å². The fourth-order valence-corrected chi connectivity index (χ4v) is 5.80. The average Bonchev–Trinajstić information content (AvgIpc) is 3.16. The second-order valence-corrected chi connectivity index (χ2v) is 10.9. The highest BCUT2D eigenvalue weighted by molar-refractivity contribution is 7.92. The molecule has 2 aromatic rings. The summed E-state index contributed by atoms with van der Waals surface area (Å²) in [5.41, 5.74) is 8.56. The smallest absolute Gasteiger partial charge is 0.235 e. The number of benzene rings is 2. The van der Waals surface area contributed by atoms with Crippen molar-refractivity contribution in [3.8, 4) is 5.75 Å². The second-order valence-electron chi connectivity index (χ2n) is 8.34. The summed E-state index contributed by atoms with van der Waals surface area (Å²) < 4.78 is 33.7. The molecule has 0 aromatic heterocycles. The van der Waals surface area contributed by atoms with Crippen LogP contribution in [0.25, 0.3) is 6.08 Å². The molecule has 4 rings (SSSR count). The van der Waals surface area contributed by atoms with Crippen LogP contribution in [-0.2, 0) is 16.4 Å². The number of nitrogens with one attached hydrogen (secondary N) is 2. The van der Waals surface area contributed by atoms with Gasteiger partial charge in [0, 0.05) is 5.56 Å². The van der Waals surface area contributed by atoms with E-state index in [2.05, 4.69) is 5.32 Å². The van der Waals surface area contributed by atoms with Crippen LogP contribution in [0.1, 0.15) is 36.5 Å². The number of ether oxygens (including phenoxy) is 1. The van der Waals surface area contributed by atoms with Gasteiger partial charge in [0.2, 0.25) is 10.0 Å². The Morgan fingerprint density at radius 2 is 1.97 bits per heavy atom. The van der Waals surface area contributed by atoms with Crippen molar-refractivity contribution in [1.82, 2.24) is 5.32 Å². The zero-order valence-electron chi connectivity index (χ0n) is 19.4. The number of fused-ring (bicyclic) bond motifs is 1. The molecule has 35 heavy (non-hydrogen) atoms. The van der Waals surface area contributed by atoms with E-state index < -0.39 is 10.0 Å². The minimum absolute atomic E-state index is 0. The minimum atomic E-state index is -3.52. The quantitative estimate of drug-likeness (QED) is 0.343. The number of hydrogen-bond donors (Lipinski definition) is 3. The van der Waals surface area contributed by atoms with Gasteiger partial charge < -0.3 is 15.8 Å². The van der Waals surface area contributed by atoms with Crippen LogP contribution in [0, 0.1) is 5.41 Å². The van der Waals surface area contributed by atoms with Crippen molar-refractivity contribution in [3.63, 3.8) is 0 Å². The number of rotatable bonds is 7. The number of nitrogen functional groups attached to an aromatic ring is 1. The van der Waals surface area contributed by atoms with Crippen LogP contribution in [0.2, 0.25) is 5.02 Å². The molecule has 0 radical (unpaired) electrons. The van der Waals surface area contributed by atoms with E-state index in [9.17, 15) is 8.42 Å². The lowest BCUT2D eigenvalue weighted by Crippen LogP contribution is -2.37. The van der Waals surface area contributed by atoms with E-state index in [1.54, 1.807) is 25.1 Å². The fraction of sp³-hybridized carbons (Fsp3) is 0.375. The van der Waals surface area contributed by atoms with Crippen LogP contribution in [0.3, 0.4) is 0 Å². The van der Waals surface area contributed by atoms with Gasteiger partial charge in [-0.3, -0.25) is 9.71 Å². The molecule has 7 nitrogen and oxygen atoms in total. The van der Waals surface area contributed by atoms with Crippen LogP contribution < -0.4 is 20.1 Å². The molecule has 1 saturated heterocycles. The summed E-state index contributed by atoms with van der Waals surface area (Å²) in [6.45, 7) is 3.46. The monoisotopic (exact) mass is 560 g/mol. The largest absolute Gasteiger partial charge is 0.489 e. The third-order valence-electron chi connectivity index (χ3n) is 6.05. The Morgan fingerprint density at radius 1 is 1.26 bits per heavy atom. The molecular formula is C24H31Cl3N4O3S. The van der Waals surface area contributed by atoms with E-state index in [1.807, 2.05) is 30.4 Å². The standard InChI is InChI=1S/C24H29ClN4O3S.2ClH/c1-2-33(30,31)29-19(7-6-16-4-3-5-17(12-16)24(26)27)13-18-14-23(21(25)15-22(18)29)32-20-8-10-28-11-9-20;;/h3-7,12,14-15,19-20,28H,2,8-11,13H2,1H3,(H3,26,27);2*1H/b7-6+;;. The van der Waals surface area contributed by atoms with E-state index in [0.717, 1.165) is 37.1 Å². The zero-order chi connectivity index (χ0) is 23.6. The van der Waals surface area contributed by atoms with Gasteiger partial charge in [-0.1, -0.05) is 42.0 Å². The second kappa shape index (κ2) is 12.3. The maximum Gasteiger partial charge on any atom is 0.235 e. The molecule has 0 bridgehead atoms. The van der Waals surface area contributed by atoms with Gasteiger partial charge >= 0.3 is 0 Å². The lowest BCUT2D eigenvalue weighted by atomic mass is 10.1. The molecule has 2 aromatic carbocycles. The Bertz CT molecular complexity index is 1180. The summed E-state index contributed by atoms with van der Waals surface area (Å²) in [6, 6.07) is 10.5. The molecule has 2 aliphatic rings. The van der Waals surface area contributed by atoms with Crippen LogP contribution in [0.5, 0.6) is 5.75 Å². The van der Waals surface area contributed by atoms with Crippen molar-refractivity contribution in [3.05, 3.63) is 64.2 Å². The number of halogens is 3. The Kier molecular flexibility index (Phi) is 10.3. The molecule has 1 atom stereocenters. The maximum atomic E-state index is 13.0. The number of anilines is 1. The van der Waals surface area contributed by atoms with Gasteiger partial charge in [-0.05, 0) is 68.6 Å². The van der Waals surface area contributed by atoms with Crippen LogP contribution in [0.4, 0.5) is 5.69 Å². The van der Waals surface area contributed by atoms with Crippen LogP contribution in [-0.4, -0.2) is 45.2 Å². The van der Waals surface area contributed by atoms with Crippen molar-refractivity contribution in [2.75, 3.05) is 23.1 Å². The molecule has 1 fully saturated rings. The SMILES string of the molecule is CCS(=O)(=O)N1c2cc(Cl)c(OC3CCNCC3)cc2CC1/C=C/c1cccc(C(=N)N)c1.Cl.Cl. The van der Waals surface area contributed by atoms with Crippen LogP contribution in [0.15, 0.2) is 42.5 Å². The van der Waals surface area contributed by atoms with E-state index in [-0.39, 0.29) is 48.5 Å². The first kappa shape index (κ1) is 29.3. The lowest BCUT2D eigenvalue weighted by molar-refractivity contribution is 0.162. The highest BCUT2D eigenvalue weighted by atomic mass is 35.5. The van der Waals surface area contributed by atoms with Gasteiger partial charge in [0.1, 0.15) is 17.7 Å². The summed E-state index contributed by atoms with van der Waals surface area (Å²) in [5, 5.41) is 11.4. The molecule has 0 aliphatic carbocycles. The molecule has 0 spiro atoms. The average molecular weight is 562 g/mol. The molecule has 4 N–H and O–H groups in total. The predicted molar refractivity (Wildman–Crippen MR) is 148 cm³/mol. The van der Waals surface area contributed by atoms with E-state index >= 15 is 0 Å². The topological polar surface area (TPSA) is 109 Å². The van der Waals surface area contributed by atoms with Crippen LogP contribution >= 0.6 is 36.4 Å². The molecule has 2 aliphatic heterocycles. The normalized spacial score (nSPS) is 18.0. The lowest BCUT2D eigenvalue weighted by Gasteiger charge is -2.26. The third kappa shape index (κ3) is 6.62. The van der Waals surface area contributed by atoms with Gasteiger partial charge in [-0.25, -0.2) is 8.42 Å². The first-order valence-corrected chi connectivity index (χ1v) is 13.1. The molecule has 192 valence electrons. The van der Waals surface area contributed by atoms with Gasteiger partial charge in [0.05, 0.1) is 22.5 Å². The molecular weight excluding hydrogens is 531 g/mol. The number of nitrogens with two attached hydrogens (primary N) is 1. The van der Waals surface area contributed by atoms with E-state index in [0.29, 0.717) is 28.4 Å². The van der Waals surface area contributed by atoms with Crippen molar-refractivity contribution < 1.29 is 13.2 Å². The number of piperidine rings is 1. The molecule has 0 amide bonds. The first-order valence-electron chi connectivity index (χ1n) is 11.1. The predicted octanol–water partition coefficient (Wildman–Crippen LogP) is 4.39. The summed E-state index contributed by atoms with van der Waals surface area (Å²) in [4.78, 5) is 0.